The summed E-state index contributed by atoms with van der Waals surface area (Å²) in [5.41, 5.74) is 3.33. The molecule has 0 saturated carbocycles. The zero-order valence-electron chi connectivity index (χ0n) is 19.1. The maximum absolute atomic E-state index is 11.9. The molecule has 0 radical (unpaired) electrons. The van der Waals surface area contributed by atoms with E-state index >= 15 is 0 Å². The molecule has 1 amide bonds. The Morgan fingerprint density at radius 1 is 0.933 bits per heavy atom. The van der Waals surface area contributed by atoms with Crippen LogP contribution in [0.1, 0.15) is 109 Å². The van der Waals surface area contributed by atoms with E-state index in [9.17, 15) is 9.90 Å². The first-order valence-corrected chi connectivity index (χ1v) is 11.9. The van der Waals surface area contributed by atoms with Crippen molar-refractivity contribution in [2.24, 2.45) is 5.10 Å². The Balaban J connectivity index is 2.00. The largest absolute Gasteiger partial charge is 0.504 e. The highest BCUT2D eigenvalue weighted by molar-refractivity contribution is 5.83. The molecule has 0 aliphatic heterocycles. The summed E-state index contributed by atoms with van der Waals surface area (Å²) in [5.74, 6) is 0.457. The lowest BCUT2D eigenvalue weighted by Crippen LogP contribution is -2.16. The Morgan fingerprint density at radius 3 is 2.07 bits per heavy atom. The molecule has 0 aliphatic rings. The number of hydrogen-bond acceptors (Lipinski definition) is 4. The highest BCUT2D eigenvalue weighted by atomic mass is 16.5. The Morgan fingerprint density at radius 2 is 1.50 bits per heavy atom. The number of hydrazone groups is 1. The molecule has 0 aliphatic carbocycles. The Labute approximate surface area is 183 Å². The maximum atomic E-state index is 11.9. The van der Waals surface area contributed by atoms with Gasteiger partial charge in [0.2, 0.25) is 5.91 Å². The van der Waals surface area contributed by atoms with Gasteiger partial charge in [-0.1, -0.05) is 84.0 Å². The number of aromatic hydroxyl groups is 1. The summed E-state index contributed by atoms with van der Waals surface area (Å²) >= 11 is 0. The minimum Gasteiger partial charge on any atom is -0.504 e. The third-order valence-electron chi connectivity index (χ3n) is 5.19. The number of unbranched alkanes of at least 4 members (excludes halogenated alkanes) is 12. The van der Waals surface area contributed by atoms with Crippen molar-refractivity contribution in [1.29, 1.82) is 0 Å². The van der Waals surface area contributed by atoms with Gasteiger partial charge in [0.25, 0.3) is 0 Å². The molecule has 0 saturated heterocycles. The number of benzene rings is 1. The molecule has 2 N–H and O–H groups in total. The molecular weight excluding hydrogens is 376 g/mol. The monoisotopic (exact) mass is 418 g/mol. The second-order valence-electron chi connectivity index (χ2n) is 7.95. The first-order chi connectivity index (χ1) is 14.7. The van der Waals surface area contributed by atoms with Crippen LogP contribution in [0, 0.1) is 0 Å². The molecule has 5 heteroatoms. The molecule has 0 spiro atoms. The molecule has 1 rings (SSSR count). The number of rotatable bonds is 18. The molecule has 1 aromatic carbocycles. The van der Waals surface area contributed by atoms with Gasteiger partial charge >= 0.3 is 0 Å². The fraction of sp³-hybridized carbons (Fsp3) is 0.680. The molecule has 0 atom stereocenters. The number of ether oxygens (including phenoxy) is 1. The quantitative estimate of drug-likeness (QED) is 0.158. The lowest BCUT2D eigenvalue weighted by Gasteiger charge is -2.06. The molecule has 0 aromatic heterocycles. The molecule has 1 aromatic rings. The number of amides is 1. The minimum atomic E-state index is -0.0573. The predicted octanol–water partition coefficient (Wildman–Crippen LogP) is 6.72. The molecule has 0 fully saturated rings. The SMILES string of the molecule is CCCCCCCCCCCCCCCC(=O)N/N=C/c1ccc(O)c(OCC)c1. The number of carbonyl (C=O) groups is 1. The lowest BCUT2D eigenvalue weighted by atomic mass is 10.0. The van der Waals surface area contributed by atoms with Gasteiger partial charge in [-0.3, -0.25) is 4.79 Å². The second-order valence-corrected chi connectivity index (χ2v) is 7.95. The maximum Gasteiger partial charge on any atom is 0.240 e. The molecule has 0 unspecified atom stereocenters. The van der Waals surface area contributed by atoms with Gasteiger partial charge in [-0.25, -0.2) is 5.43 Å². The smallest absolute Gasteiger partial charge is 0.240 e. The van der Waals surface area contributed by atoms with Gasteiger partial charge in [-0.2, -0.15) is 5.10 Å². The molecule has 170 valence electrons. The van der Waals surface area contributed by atoms with Gasteiger partial charge in [-0.05, 0) is 37.1 Å². The summed E-state index contributed by atoms with van der Waals surface area (Å²) in [5, 5.41) is 13.7. The number of phenols is 1. The van der Waals surface area contributed by atoms with Crippen molar-refractivity contribution in [2.45, 2.75) is 104 Å². The first kappa shape index (κ1) is 26.0. The van der Waals surface area contributed by atoms with Crippen LogP contribution in [0.5, 0.6) is 11.5 Å². The van der Waals surface area contributed by atoms with E-state index in [-0.39, 0.29) is 11.7 Å². The molecular formula is C25H42N2O3. The average molecular weight is 419 g/mol. The zero-order valence-corrected chi connectivity index (χ0v) is 19.1. The predicted molar refractivity (Wildman–Crippen MR) is 125 cm³/mol. The van der Waals surface area contributed by atoms with Crippen LogP contribution in [-0.4, -0.2) is 23.8 Å². The van der Waals surface area contributed by atoms with Crippen LogP contribution in [0.3, 0.4) is 0 Å². The van der Waals surface area contributed by atoms with Crippen LogP contribution in [0.2, 0.25) is 0 Å². The fourth-order valence-corrected chi connectivity index (χ4v) is 3.42. The van der Waals surface area contributed by atoms with Crippen molar-refractivity contribution in [2.75, 3.05) is 6.61 Å². The van der Waals surface area contributed by atoms with Crippen LogP contribution in [0.4, 0.5) is 0 Å². The molecule has 30 heavy (non-hydrogen) atoms. The normalized spacial score (nSPS) is 11.1. The first-order valence-electron chi connectivity index (χ1n) is 11.9. The van der Waals surface area contributed by atoms with Crippen molar-refractivity contribution in [1.82, 2.24) is 5.43 Å². The zero-order chi connectivity index (χ0) is 21.9. The Bertz CT molecular complexity index is 602. The van der Waals surface area contributed by atoms with E-state index in [0.29, 0.717) is 18.8 Å². The summed E-state index contributed by atoms with van der Waals surface area (Å²) in [6.45, 7) is 4.60. The Hall–Kier alpha value is -2.04. The van der Waals surface area contributed by atoms with E-state index in [1.807, 2.05) is 6.92 Å². The van der Waals surface area contributed by atoms with Crippen LogP contribution in [0.15, 0.2) is 23.3 Å². The third kappa shape index (κ3) is 13.2. The summed E-state index contributed by atoms with van der Waals surface area (Å²) in [6.07, 6.45) is 18.9. The molecule has 0 heterocycles. The van der Waals surface area contributed by atoms with E-state index in [4.69, 9.17) is 4.74 Å². The van der Waals surface area contributed by atoms with E-state index in [1.54, 1.807) is 24.4 Å². The number of nitrogens with one attached hydrogen (secondary N) is 1. The van der Waals surface area contributed by atoms with Gasteiger partial charge in [0.1, 0.15) is 0 Å². The van der Waals surface area contributed by atoms with Gasteiger partial charge < -0.3 is 9.84 Å². The van der Waals surface area contributed by atoms with Crippen molar-refractivity contribution in [3.63, 3.8) is 0 Å². The summed E-state index contributed by atoms with van der Waals surface area (Å²) in [4.78, 5) is 11.9. The van der Waals surface area contributed by atoms with E-state index in [1.165, 1.54) is 70.6 Å². The van der Waals surface area contributed by atoms with Crippen molar-refractivity contribution >= 4 is 12.1 Å². The van der Waals surface area contributed by atoms with Crippen LogP contribution in [0.25, 0.3) is 0 Å². The summed E-state index contributed by atoms with van der Waals surface area (Å²) < 4.78 is 5.34. The lowest BCUT2D eigenvalue weighted by molar-refractivity contribution is -0.121. The standard InChI is InChI=1S/C25H42N2O3/c1-3-5-6-7-8-9-10-11-12-13-14-15-16-17-25(29)27-26-21-22-18-19-23(28)24(20-22)30-4-2/h18-21,28H,3-17H2,1-2H3,(H,27,29)/b26-21+. The van der Waals surface area contributed by atoms with Crippen molar-refractivity contribution < 1.29 is 14.6 Å². The third-order valence-corrected chi connectivity index (χ3v) is 5.19. The van der Waals surface area contributed by atoms with Gasteiger partial charge in [-0.15, -0.1) is 0 Å². The van der Waals surface area contributed by atoms with Crippen molar-refractivity contribution in [3.05, 3.63) is 23.8 Å². The Kier molecular flexibility index (Phi) is 15.4. The molecule has 0 bridgehead atoms. The summed E-state index contributed by atoms with van der Waals surface area (Å²) in [6, 6.07) is 4.97. The van der Waals surface area contributed by atoms with Crippen LogP contribution >= 0.6 is 0 Å². The molecule has 5 nitrogen and oxygen atoms in total. The van der Waals surface area contributed by atoms with E-state index < -0.39 is 0 Å². The fourth-order valence-electron chi connectivity index (χ4n) is 3.42. The van der Waals surface area contributed by atoms with Crippen LogP contribution < -0.4 is 10.2 Å². The van der Waals surface area contributed by atoms with E-state index in [0.717, 1.165) is 18.4 Å². The van der Waals surface area contributed by atoms with Gasteiger partial charge in [0.05, 0.1) is 12.8 Å². The topological polar surface area (TPSA) is 70.9 Å². The highest BCUT2D eigenvalue weighted by Gasteiger charge is 2.03. The number of hydrogen-bond donors (Lipinski definition) is 2. The van der Waals surface area contributed by atoms with Crippen LogP contribution in [-0.2, 0) is 4.79 Å². The number of phenolic OH excluding ortho intramolecular Hbond substituents is 1. The van der Waals surface area contributed by atoms with Gasteiger partial charge in [0, 0.05) is 6.42 Å². The highest BCUT2D eigenvalue weighted by Crippen LogP contribution is 2.26. The van der Waals surface area contributed by atoms with Gasteiger partial charge in [0.15, 0.2) is 11.5 Å². The number of carbonyl (C=O) groups excluding carboxylic acids is 1. The number of nitrogens with zero attached hydrogens (tertiary/aromatic N) is 1. The van der Waals surface area contributed by atoms with Crippen molar-refractivity contribution in [3.8, 4) is 11.5 Å². The minimum absolute atomic E-state index is 0.0573. The van der Waals surface area contributed by atoms with E-state index in [2.05, 4.69) is 17.5 Å². The second kappa shape index (κ2) is 17.8. The summed E-state index contributed by atoms with van der Waals surface area (Å²) in [7, 11) is 0. The average Bonchev–Trinajstić information content (AvgIpc) is 2.74.